The number of methoxy groups -OCH3 is 1. The number of hydrogen-bond acceptors (Lipinski definition) is 5. The van der Waals surface area contributed by atoms with Gasteiger partial charge in [0.1, 0.15) is 12.4 Å². The maximum absolute atomic E-state index is 14.2. The molecule has 0 radical (unpaired) electrons. The van der Waals surface area contributed by atoms with Crippen molar-refractivity contribution in [3.63, 3.8) is 0 Å². The number of rotatable bonds is 11. The summed E-state index contributed by atoms with van der Waals surface area (Å²) in [5.41, 5.74) is 2.02. The highest BCUT2D eigenvalue weighted by Gasteiger charge is 2.38. The van der Waals surface area contributed by atoms with Gasteiger partial charge in [0.15, 0.2) is 0 Å². The minimum absolute atomic E-state index is 0.00807. The largest absolute Gasteiger partial charge is 0.497 e. The predicted octanol–water partition coefficient (Wildman–Crippen LogP) is 4.28. The molecule has 2 unspecified atom stereocenters. The number of sulfonamides is 1. The summed E-state index contributed by atoms with van der Waals surface area (Å²) in [5, 5.41) is 8.94. The number of hydrogen-bond donors (Lipinski definition) is 1. The van der Waals surface area contributed by atoms with E-state index in [1.54, 1.807) is 33.1 Å². The summed E-state index contributed by atoms with van der Waals surface area (Å²) in [6.07, 6.45) is 8.60. The van der Waals surface area contributed by atoms with Gasteiger partial charge >= 0.3 is 5.97 Å². The van der Waals surface area contributed by atoms with E-state index in [1.807, 2.05) is 54.6 Å². The Bertz CT molecular complexity index is 1130. The van der Waals surface area contributed by atoms with Crippen molar-refractivity contribution in [1.82, 2.24) is 4.31 Å². The van der Waals surface area contributed by atoms with E-state index in [1.165, 1.54) is 4.31 Å². The normalized spacial score (nSPS) is 16.5. The van der Waals surface area contributed by atoms with Crippen molar-refractivity contribution < 1.29 is 27.8 Å². The lowest BCUT2D eigenvalue weighted by Gasteiger charge is -2.36. The molecule has 182 valence electrons. The Labute approximate surface area is 201 Å². The summed E-state index contributed by atoms with van der Waals surface area (Å²) in [5.74, 6) is -0.609. The number of carbonyl (C=O) groups is 1. The van der Waals surface area contributed by atoms with Crippen molar-refractivity contribution in [2.45, 2.75) is 31.2 Å². The number of carboxylic acid groups (broad SMARTS) is 1. The number of nitrogens with zero attached hydrogens (tertiary/aromatic N) is 1. The van der Waals surface area contributed by atoms with E-state index in [-0.39, 0.29) is 24.0 Å². The van der Waals surface area contributed by atoms with Crippen LogP contribution in [0.5, 0.6) is 5.75 Å². The quantitative estimate of drug-likeness (QED) is 0.478. The number of allylic oxidation sites excluding steroid dienone is 3. The van der Waals surface area contributed by atoms with E-state index in [0.717, 1.165) is 5.56 Å². The Morgan fingerprint density at radius 3 is 2.38 bits per heavy atom. The molecule has 1 aliphatic carbocycles. The third-order valence-corrected chi connectivity index (χ3v) is 7.98. The summed E-state index contributed by atoms with van der Waals surface area (Å²) in [6.45, 7) is 2.98. The molecular weight excluding hydrogens is 454 g/mol. The Balaban J connectivity index is 2.11. The van der Waals surface area contributed by atoms with Gasteiger partial charge in [-0.25, -0.2) is 13.2 Å². The van der Waals surface area contributed by atoms with Gasteiger partial charge in [-0.15, -0.1) is 0 Å². The van der Waals surface area contributed by atoms with Gasteiger partial charge in [-0.3, -0.25) is 0 Å². The molecule has 0 saturated carbocycles. The van der Waals surface area contributed by atoms with Gasteiger partial charge in [-0.05, 0) is 49.1 Å². The molecule has 7 nitrogen and oxygen atoms in total. The SMILES string of the molecule is COc1cc(C)c(S(=O)(=O)N(CCOCC(=O)O)C(c2ccccc2)C2C=CC=CC2)c(C)c1. The fraction of sp³-hybridized carbons (Fsp3) is 0.346. The molecule has 0 aliphatic heterocycles. The van der Waals surface area contributed by atoms with Crippen LogP contribution in [0.3, 0.4) is 0 Å². The van der Waals surface area contributed by atoms with Crippen LogP contribution in [0.25, 0.3) is 0 Å². The second-order valence-corrected chi connectivity index (χ2v) is 10.0. The van der Waals surface area contributed by atoms with E-state index in [2.05, 4.69) is 0 Å². The molecule has 1 N–H and O–H groups in total. The van der Waals surface area contributed by atoms with Crippen molar-refractivity contribution >= 4 is 16.0 Å². The zero-order valence-corrected chi connectivity index (χ0v) is 20.5. The van der Waals surface area contributed by atoms with Crippen LogP contribution in [0.15, 0.2) is 71.7 Å². The van der Waals surface area contributed by atoms with Crippen LogP contribution in [-0.2, 0) is 19.6 Å². The summed E-state index contributed by atoms with van der Waals surface area (Å²) < 4.78 is 40.5. The van der Waals surface area contributed by atoms with Gasteiger partial charge in [-0.1, -0.05) is 54.6 Å². The van der Waals surface area contributed by atoms with E-state index >= 15 is 0 Å². The number of aliphatic carboxylic acids is 1. The van der Waals surface area contributed by atoms with Gasteiger partial charge in [0, 0.05) is 12.5 Å². The monoisotopic (exact) mass is 485 g/mol. The molecule has 34 heavy (non-hydrogen) atoms. The fourth-order valence-corrected chi connectivity index (χ4v) is 6.44. The molecule has 0 bridgehead atoms. The minimum atomic E-state index is -3.99. The topological polar surface area (TPSA) is 93.1 Å². The first-order valence-electron chi connectivity index (χ1n) is 11.1. The third kappa shape index (κ3) is 5.94. The average molecular weight is 486 g/mol. The van der Waals surface area contributed by atoms with Gasteiger partial charge in [0.25, 0.3) is 0 Å². The summed E-state index contributed by atoms with van der Waals surface area (Å²) in [4.78, 5) is 11.2. The van der Waals surface area contributed by atoms with Crippen LogP contribution in [0, 0.1) is 19.8 Å². The first kappa shape index (κ1) is 25.7. The maximum atomic E-state index is 14.2. The molecule has 8 heteroatoms. The lowest BCUT2D eigenvalue weighted by Crippen LogP contribution is -2.41. The molecule has 0 heterocycles. The number of carboxylic acids is 1. The van der Waals surface area contributed by atoms with Crippen LogP contribution in [-0.4, -0.2) is 50.7 Å². The van der Waals surface area contributed by atoms with Crippen molar-refractivity contribution in [3.8, 4) is 5.75 Å². The Kier molecular flexibility index (Phi) is 8.66. The van der Waals surface area contributed by atoms with Crippen molar-refractivity contribution in [2.24, 2.45) is 5.92 Å². The van der Waals surface area contributed by atoms with Crippen molar-refractivity contribution in [3.05, 3.63) is 83.5 Å². The highest BCUT2D eigenvalue weighted by Crippen LogP contribution is 2.39. The van der Waals surface area contributed by atoms with E-state index in [9.17, 15) is 13.2 Å². The Hall–Kier alpha value is -2.94. The zero-order chi connectivity index (χ0) is 24.7. The molecule has 0 amide bonds. The van der Waals surface area contributed by atoms with Crippen LogP contribution in [0.2, 0.25) is 0 Å². The number of benzene rings is 2. The summed E-state index contributed by atoms with van der Waals surface area (Å²) >= 11 is 0. The van der Waals surface area contributed by atoms with Crippen molar-refractivity contribution in [1.29, 1.82) is 0 Å². The van der Waals surface area contributed by atoms with Gasteiger partial charge < -0.3 is 14.6 Å². The molecular formula is C26H31NO6S. The van der Waals surface area contributed by atoms with Crippen LogP contribution in [0.1, 0.15) is 29.2 Å². The first-order valence-corrected chi connectivity index (χ1v) is 12.5. The van der Waals surface area contributed by atoms with E-state index in [0.29, 0.717) is 23.3 Å². The summed E-state index contributed by atoms with van der Waals surface area (Å²) in [6, 6.07) is 12.4. The van der Waals surface area contributed by atoms with Gasteiger partial charge in [0.05, 0.1) is 24.7 Å². The molecule has 2 atom stereocenters. The molecule has 2 aromatic rings. The maximum Gasteiger partial charge on any atom is 0.329 e. The lowest BCUT2D eigenvalue weighted by atomic mass is 9.88. The van der Waals surface area contributed by atoms with E-state index in [4.69, 9.17) is 14.6 Å². The van der Waals surface area contributed by atoms with Crippen LogP contribution >= 0.6 is 0 Å². The van der Waals surface area contributed by atoms with E-state index < -0.39 is 28.6 Å². The van der Waals surface area contributed by atoms with Gasteiger partial charge in [-0.2, -0.15) is 4.31 Å². The molecule has 2 aromatic carbocycles. The smallest absolute Gasteiger partial charge is 0.329 e. The highest BCUT2D eigenvalue weighted by molar-refractivity contribution is 7.89. The molecule has 0 aromatic heterocycles. The zero-order valence-electron chi connectivity index (χ0n) is 19.7. The molecule has 3 rings (SSSR count). The second-order valence-electron chi connectivity index (χ2n) is 8.22. The number of aryl methyl sites for hydroxylation is 2. The second kappa shape index (κ2) is 11.5. The first-order chi connectivity index (χ1) is 16.3. The standard InChI is InChI=1S/C26H31NO6S/c1-19-16-23(32-3)17-20(2)26(19)34(30,31)27(14-15-33-18-24(28)29)25(21-10-6-4-7-11-21)22-12-8-5-9-13-22/h4-12,16-17,22,25H,13-15,18H2,1-3H3,(H,28,29). The molecule has 0 saturated heterocycles. The Morgan fingerprint density at radius 1 is 1.15 bits per heavy atom. The lowest BCUT2D eigenvalue weighted by molar-refractivity contribution is -0.142. The predicted molar refractivity (Wildman–Crippen MR) is 130 cm³/mol. The number of ether oxygens (including phenoxy) is 2. The fourth-order valence-electron chi connectivity index (χ4n) is 4.39. The third-order valence-electron chi connectivity index (χ3n) is 5.79. The van der Waals surface area contributed by atoms with Crippen LogP contribution < -0.4 is 4.74 Å². The summed E-state index contributed by atoms with van der Waals surface area (Å²) in [7, 11) is -2.45. The molecule has 0 spiro atoms. The molecule has 0 fully saturated rings. The Morgan fingerprint density at radius 2 is 1.82 bits per heavy atom. The van der Waals surface area contributed by atoms with Gasteiger partial charge in [0.2, 0.25) is 10.0 Å². The average Bonchev–Trinajstić information content (AvgIpc) is 2.81. The minimum Gasteiger partial charge on any atom is -0.497 e. The highest BCUT2D eigenvalue weighted by atomic mass is 32.2. The van der Waals surface area contributed by atoms with Crippen LogP contribution in [0.4, 0.5) is 0 Å². The molecule has 1 aliphatic rings. The van der Waals surface area contributed by atoms with Crippen molar-refractivity contribution in [2.75, 3.05) is 26.9 Å².